The van der Waals surface area contributed by atoms with Crippen molar-refractivity contribution in [1.29, 1.82) is 0 Å². The molecule has 42 heavy (non-hydrogen) atoms. The molecule has 216 valence electrons. The van der Waals surface area contributed by atoms with Crippen molar-refractivity contribution in [2.75, 3.05) is 42.2 Å². The Morgan fingerprint density at radius 3 is 2.33 bits per heavy atom. The van der Waals surface area contributed by atoms with Crippen molar-refractivity contribution < 1.29 is 23.8 Å². The fraction of sp³-hybridized carbons (Fsp3) is 0.194. The molecule has 0 saturated heterocycles. The first-order valence-corrected chi connectivity index (χ1v) is 13.7. The predicted octanol–water partition coefficient (Wildman–Crippen LogP) is 6.40. The lowest BCUT2D eigenvalue weighted by Gasteiger charge is -2.16. The highest BCUT2D eigenvalue weighted by molar-refractivity contribution is 6.27. The Bertz CT molecular complexity index is 1660. The SMILES string of the molecule is COc1cc2nccc(Oc3cc(NC(=O)Nc4ccc(N5C=C(NC(=O)CCl)CC5)cc4)ccc3C)c2cc1OC. The number of carbonyl (C=O) groups excluding carboxylic acids is 2. The minimum atomic E-state index is -0.393. The molecular weight excluding hydrogens is 558 g/mol. The average molecular weight is 588 g/mol. The first kappa shape index (κ1) is 28.6. The number of alkyl halides is 1. The van der Waals surface area contributed by atoms with Crippen LogP contribution in [-0.2, 0) is 4.79 Å². The number of benzene rings is 3. The first-order chi connectivity index (χ1) is 20.4. The number of hydrogen-bond donors (Lipinski definition) is 3. The number of rotatable bonds is 9. The normalized spacial score (nSPS) is 12.5. The Hall–Kier alpha value is -4.96. The number of pyridine rings is 1. The number of aromatic nitrogens is 1. The van der Waals surface area contributed by atoms with Crippen molar-refractivity contribution in [1.82, 2.24) is 10.3 Å². The monoisotopic (exact) mass is 587 g/mol. The van der Waals surface area contributed by atoms with Gasteiger partial charge in [0.2, 0.25) is 5.91 Å². The molecule has 1 aliphatic rings. The molecule has 3 N–H and O–H groups in total. The van der Waals surface area contributed by atoms with Gasteiger partial charge in [-0.1, -0.05) is 6.07 Å². The maximum atomic E-state index is 12.8. The second kappa shape index (κ2) is 12.7. The van der Waals surface area contributed by atoms with Crippen LogP contribution in [0.4, 0.5) is 21.9 Å². The van der Waals surface area contributed by atoms with Gasteiger partial charge >= 0.3 is 6.03 Å². The molecule has 0 radical (unpaired) electrons. The molecule has 10 nitrogen and oxygen atoms in total. The maximum Gasteiger partial charge on any atom is 0.323 e. The van der Waals surface area contributed by atoms with Crippen LogP contribution >= 0.6 is 11.6 Å². The number of aryl methyl sites for hydroxylation is 1. The van der Waals surface area contributed by atoms with Crippen LogP contribution in [0.5, 0.6) is 23.0 Å². The van der Waals surface area contributed by atoms with Crippen molar-refractivity contribution in [3.8, 4) is 23.0 Å². The quantitative estimate of drug-likeness (QED) is 0.194. The fourth-order valence-corrected chi connectivity index (χ4v) is 4.61. The highest BCUT2D eigenvalue weighted by Crippen LogP contribution is 2.38. The fourth-order valence-electron chi connectivity index (χ4n) is 4.54. The van der Waals surface area contributed by atoms with E-state index in [-0.39, 0.29) is 11.8 Å². The molecule has 1 aromatic heterocycles. The molecular formula is C31H30ClN5O5. The zero-order chi connectivity index (χ0) is 29.6. The van der Waals surface area contributed by atoms with Gasteiger partial charge in [0.15, 0.2) is 11.5 Å². The van der Waals surface area contributed by atoms with Crippen molar-refractivity contribution in [2.24, 2.45) is 0 Å². The lowest BCUT2D eigenvalue weighted by molar-refractivity contribution is -0.118. The van der Waals surface area contributed by atoms with Gasteiger partial charge in [0.1, 0.15) is 17.4 Å². The van der Waals surface area contributed by atoms with Gasteiger partial charge in [0.05, 0.1) is 19.7 Å². The summed E-state index contributed by atoms with van der Waals surface area (Å²) in [7, 11) is 3.15. The van der Waals surface area contributed by atoms with E-state index in [2.05, 4.69) is 20.9 Å². The van der Waals surface area contributed by atoms with Gasteiger partial charge in [-0.2, -0.15) is 0 Å². The van der Waals surface area contributed by atoms with Crippen LogP contribution in [0.1, 0.15) is 12.0 Å². The number of fused-ring (bicyclic) bond motifs is 1. The predicted molar refractivity (Wildman–Crippen MR) is 164 cm³/mol. The molecule has 0 unspecified atom stereocenters. The Kier molecular flexibility index (Phi) is 8.63. The number of ether oxygens (including phenoxy) is 3. The molecule has 4 aromatic rings. The van der Waals surface area contributed by atoms with Gasteiger partial charge in [-0.15, -0.1) is 11.6 Å². The summed E-state index contributed by atoms with van der Waals surface area (Å²) in [6, 6.07) is 17.9. The summed E-state index contributed by atoms with van der Waals surface area (Å²) < 4.78 is 17.1. The number of carbonyl (C=O) groups is 2. The minimum absolute atomic E-state index is 0.0791. The summed E-state index contributed by atoms with van der Waals surface area (Å²) in [5.41, 5.74) is 4.55. The molecule has 2 heterocycles. The van der Waals surface area contributed by atoms with Crippen LogP contribution in [0.25, 0.3) is 10.9 Å². The Morgan fingerprint density at radius 1 is 0.881 bits per heavy atom. The molecule has 11 heteroatoms. The number of hydrogen-bond acceptors (Lipinski definition) is 7. The second-order valence-electron chi connectivity index (χ2n) is 9.52. The van der Waals surface area contributed by atoms with E-state index in [0.717, 1.165) is 28.9 Å². The van der Waals surface area contributed by atoms with Gasteiger partial charge in [-0.05, 0) is 55.0 Å². The lowest BCUT2D eigenvalue weighted by Crippen LogP contribution is -2.22. The third kappa shape index (κ3) is 6.50. The van der Waals surface area contributed by atoms with E-state index in [1.807, 2.05) is 60.5 Å². The zero-order valence-electron chi connectivity index (χ0n) is 23.4. The Balaban J connectivity index is 1.25. The summed E-state index contributed by atoms with van der Waals surface area (Å²) >= 11 is 5.57. The average Bonchev–Trinajstić information content (AvgIpc) is 3.46. The number of nitrogens with zero attached hydrogens (tertiary/aromatic N) is 2. The van der Waals surface area contributed by atoms with Crippen molar-refractivity contribution in [3.05, 3.63) is 84.3 Å². The molecule has 0 fully saturated rings. The van der Waals surface area contributed by atoms with Gasteiger partial charge < -0.3 is 35.1 Å². The number of urea groups is 1. The third-order valence-electron chi connectivity index (χ3n) is 6.68. The molecule has 0 bridgehead atoms. The zero-order valence-corrected chi connectivity index (χ0v) is 24.1. The molecule has 0 saturated carbocycles. The summed E-state index contributed by atoms with van der Waals surface area (Å²) in [4.78, 5) is 30.8. The van der Waals surface area contributed by atoms with E-state index in [9.17, 15) is 9.59 Å². The number of amides is 3. The number of anilines is 3. The van der Waals surface area contributed by atoms with E-state index in [1.54, 1.807) is 38.6 Å². The summed E-state index contributed by atoms with van der Waals surface area (Å²) in [6.45, 7) is 2.66. The van der Waals surface area contributed by atoms with Crippen LogP contribution < -0.4 is 35.1 Å². The smallest absolute Gasteiger partial charge is 0.323 e. The van der Waals surface area contributed by atoms with E-state index >= 15 is 0 Å². The lowest BCUT2D eigenvalue weighted by atomic mass is 10.1. The Morgan fingerprint density at radius 2 is 1.60 bits per heavy atom. The van der Waals surface area contributed by atoms with E-state index in [0.29, 0.717) is 46.3 Å². The standard InChI is InChI=1S/C31H30ClN5O5/c1-19-4-5-21(14-27(19)42-26-10-12-33-25-16-29(41-3)28(40-2)15-24(25)26)36-31(39)35-20-6-8-23(9-7-20)37-13-11-22(18-37)34-30(38)17-32/h4-10,12,14-16,18H,11,13,17H2,1-3H3,(H,34,38)(H2,35,36,39). The van der Waals surface area contributed by atoms with Crippen LogP contribution in [0.15, 0.2) is 78.8 Å². The molecule has 5 rings (SSSR count). The van der Waals surface area contributed by atoms with E-state index in [4.69, 9.17) is 25.8 Å². The largest absolute Gasteiger partial charge is 0.493 e. The van der Waals surface area contributed by atoms with Crippen molar-refractivity contribution >= 4 is 51.5 Å². The van der Waals surface area contributed by atoms with Crippen LogP contribution in [0, 0.1) is 6.92 Å². The summed E-state index contributed by atoms with van der Waals surface area (Å²) in [5, 5.41) is 9.26. The second-order valence-corrected chi connectivity index (χ2v) is 9.79. The van der Waals surface area contributed by atoms with E-state index < -0.39 is 6.03 Å². The Labute approximate surface area is 248 Å². The van der Waals surface area contributed by atoms with Crippen molar-refractivity contribution in [3.63, 3.8) is 0 Å². The third-order valence-corrected chi connectivity index (χ3v) is 6.93. The van der Waals surface area contributed by atoms with Crippen LogP contribution in [0.2, 0.25) is 0 Å². The number of nitrogens with one attached hydrogen (secondary N) is 3. The van der Waals surface area contributed by atoms with Gasteiger partial charge in [-0.3, -0.25) is 9.78 Å². The molecule has 3 aromatic carbocycles. The number of methoxy groups -OCH3 is 2. The topological polar surface area (TPSA) is 114 Å². The highest BCUT2D eigenvalue weighted by Gasteiger charge is 2.16. The van der Waals surface area contributed by atoms with Crippen molar-refractivity contribution in [2.45, 2.75) is 13.3 Å². The molecule has 0 aliphatic carbocycles. The van der Waals surface area contributed by atoms with Crippen LogP contribution in [-0.4, -0.2) is 43.6 Å². The summed E-state index contributed by atoms with van der Waals surface area (Å²) in [6.07, 6.45) is 4.27. The molecule has 0 atom stereocenters. The number of halogens is 1. The highest BCUT2D eigenvalue weighted by atomic mass is 35.5. The van der Waals surface area contributed by atoms with Crippen LogP contribution in [0.3, 0.4) is 0 Å². The summed E-state index contributed by atoms with van der Waals surface area (Å²) in [5.74, 6) is 2.01. The van der Waals surface area contributed by atoms with E-state index in [1.165, 1.54) is 0 Å². The van der Waals surface area contributed by atoms with Gasteiger partial charge in [0, 0.05) is 65.6 Å². The van der Waals surface area contributed by atoms with Gasteiger partial charge in [-0.25, -0.2) is 4.79 Å². The van der Waals surface area contributed by atoms with Gasteiger partial charge in [0.25, 0.3) is 0 Å². The molecule has 0 spiro atoms. The first-order valence-electron chi connectivity index (χ1n) is 13.2. The maximum absolute atomic E-state index is 12.8. The minimum Gasteiger partial charge on any atom is -0.493 e. The molecule has 3 amide bonds. The molecule has 1 aliphatic heterocycles.